The van der Waals surface area contributed by atoms with Crippen LogP contribution in [-0.2, 0) is 9.59 Å². The van der Waals surface area contributed by atoms with E-state index in [9.17, 15) is 14.4 Å². The smallest absolute Gasteiger partial charge is 0.272 e. The molecule has 6 nitrogen and oxygen atoms in total. The molecule has 0 saturated heterocycles. The molecule has 0 aliphatic rings. The third kappa shape index (κ3) is 8.44. The van der Waals surface area contributed by atoms with Crippen LogP contribution < -0.4 is 16.0 Å². The lowest BCUT2D eigenvalue weighted by Crippen LogP contribution is -2.30. The Morgan fingerprint density at radius 1 is 0.750 bits per heavy atom. The first-order chi connectivity index (χ1) is 19.4. The second-order valence-electron chi connectivity index (χ2n) is 9.38. The van der Waals surface area contributed by atoms with E-state index in [4.69, 9.17) is 0 Å². The van der Waals surface area contributed by atoms with Crippen molar-refractivity contribution in [3.8, 4) is 0 Å². The van der Waals surface area contributed by atoms with Gasteiger partial charge in [-0.05, 0) is 65.6 Å². The highest BCUT2D eigenvalue weighted by molar-refractivity contribution is 8.00. The Morgan fingerprint density at radius 2 is 1.43 bits per heavy atom. The lowest BCUT2D eigenvalue weighted by atomic mass is 10.0. The van der Waals surface area contributed by atoms with Crippen molar-refractivity contribution in [2.24, 2.45) is 0 Å². The molecule has 0 aliphatic heterocycles. The van der Waals surface area contributed by atoms with Gasteiger partial charge in [-0.3, -0.25) is 14.4 Å². The molecule has 0 fully saturated rings. The molecule has 0 heterocycles. The molecule has 0 aromatic heterocycles. The second-order valence-corrected chi connectivity index (χ2v) is 10.4. The topological polar surface area (TPSA) is 87.3 Å². The highest BCUT2D eigenvalue weighted by Gasteiger charge is 2.15. The lowest BCUT2D eigenvalue weighted by molar-refractivity contribution is -0.114. The zero-order valence-corrected chi connectivity index (χ0v) is 23.2. The van der Waals surface area contributed by atoms with Crippen LogP contribution in [0.5, 0.6) is 0 Å². The first kappa shape index (κ1) is 28.4. The van der Waals surface area contributed by atoms with E-state index >= 15 is 0 Å². The summed E-state index contributed by atoms with van der Waals surface area (Å²) in [6, 6.07) is 33.1. The summed E-state index contributed by atoms with van der Waals surface area (Å²) >= 11 is 1.37. The summed E-state index contributed by atoms with van der Waals surface area (Å²) in [5, 5.41) is 8.52. The molecule has 0 bridgehead atoms. The van der Waals surface area contributed by atoms with Crippen molar-refractivity contribution < 1.29 is 14.4 Å². The minimum atomic E-state index is -0.460. The van der Waals surface area contributed by atoms with Crippen molar-refractivity contribution in [2.75, 3.05) is 16.4 Å². The standard InChI is InChI=1S/C33H31N3O3S/c1-23(2)25-16-18-27(19-17-25)34-31(37)22-40-29-15-9-14-28(21-29)35-33(39)30(20-24-10-5-3-6-11-24)36-32(38)26-12-7-4-8-13-26/h3-21,23H,22H2,1-2H3,(H,34,37)(H,35,39)(H,36,38)/b30-20-. The predicted octanol–water partition coefficient (Wildman–Crippen LogP) is 6.95. The van der Waals surface area contributed by atoms with Crippen molar-refractivity contribution >= 4 is 46.9 Å². The minimum Gasteiger partial charge on any atom is -0.325 e. The first-order valence-corrected chi connectivity index (χ1v) is 13.9. The molecule has 0 spiro atoms. The second kappa shape index (κ2) is 14.0. The van der Waals surface area contributed by atoms with Crippen molar-refractivity contribution in [1.29, 1.82) is 0 Å². The summed E-state index contributed by atoms with van der Waals surface area (Å²) < 4.78 is 0. The highest BCUT2D eigenvalue weighted by atomic mass is 32.2. The SMILES string of the molecule is CC(C)c1ccc(NC(=O)CSc2cccc(NC(=O)/C(=C/c3ccccc3)NC(=O)c3ccccc3)c2)cc1. The zero-order valence-electron chi connectivity index (χ0n) is 22.4. The zero-order chi connectivity index (χ0) is 28.3. The Hall–Kier alpha value is -4.62. The van der Waals surface area contributed by atoms with E-state index in [1.807, 2.05) is 72.8 Å². The molecule has 202 valence electrons. The summed E-state index contributed by atoms with van der Waals surface area (Å²) in [5.74, 6) is -0.313. The number of nitrogens with one attached hydrogen (secondary N) is 3. The average molecular weight is 550 g/mol. The number of hydrogen-bond acceptors (Lipinski definition) is 4. The number of hydrogen-bond donors (Lipinski definition) is 3. The van der Waals surface area contributed by atoms with E-state index < -0.39 is 5.91 Å². The van der Waals surface area contributed by atoms with Gasteiger partial charge in [-0.25, -0.2) is 0 Å². The number of benzene rings is 4. The fourth-order valence-corrected chi connectivity index (χ4v) is 4.57. The van der Waals surface area contributed by atoms with E-state index in [1.165, 1.54) is 17.3 Å². The van der Waals surface area contributed by atoms with Crippen LogP contribution >= 0.6 is 11.8 Å². The van der Waals surface area contributed by atoms with Gasteiger partial charge < -0.3 is 16.0 Å². The summed E-state index contributed by atoms with van der Waals surface area (Å²) in [6.07, 6.45) is 1.63. The van der Waals surface area contributed by atoms with Crippen LogP contribution in [0.3, 0.4) is 0 Å². The number of anilines is 2. The van der Waals surface area contributed by atoms with Crippen molar-refractivity contribution in [3.63, 3.8) is 0 Å². The van der Waals surface area contributed by atoms with Gasteiger partial charge in [-0.1, -0.05) is 80.6 Å². The first-order valence-electron chi connectivity index (χ1n) is 12.9. The Morgan fingerprint density at radius 3 is 2.10 bits per heavy atom. The molecule has 0 atom stereocenters. The number of thioether (sulfide) groups is 1. The number of rotatable bonds is 10. The van der Waals surface area contributed by atoms with Gasteiger partial charge >= 0.3 is 0 Å². The van der Waals surface area contributed by atoms with E-state index in [-0.39, 0.29) is 23.3 Å². The molecular weight excluding hydrogens is 518 g/mol. The largest absolute Gasteiger partial charge is 0.325 e. The van der Waals surface area contributed by atoms with Gasteiger partial charge in [0.25, 0.3) is 11.8 Å². The Bertz CT molecular complexity index is 1480. The molecule has 0 unspecified atom stereocenters. The van der Waals surface area contributed by atoms with Crippen LogP contribution in [0.15, 0.2) is 120 Å². The van der Waals surface area contributed by atoms with Crippen LogP contribution in [-0.4, -0.2) is 23.5 Å². The van der Waals surface area contributed by atoms with Crippen LogP contribution in [0.4, 0.5) is 11.4 Å². The quantitative estimate of drug-likeness (QED) is 0.148. The number of amides is 3. The summed E-state index contributed by atoms with van der Waals surface area (Å²) in [4.78, 5) is 39.4. The van der Waals surface area contributed by atoms with Crippen LogP contribution in [0.25, 0.3) is 6.08 Å². The van der Waals surface area contributed by atoms with Gasteiger partial charge in [0, 0.05) is 21.8 Å². The molecule has 7 heteroatoms. The monoisotopic (exact) mass is 549 g/mol. The predicted molar refractivity (Wildman–Crippen MR) is 163 cm³/mol. The van der Waals surface area contributed by atoms with Crippen molar-refractivity contribution in [1.82, 2.24) is 5.32 Å². The summed E-state index contributed by atoms with van der Waals surface area (Å²) in [5.41, 5.74) is 3.85. The van der Waals surface area contributed by atoms with Gasteiger partial charge in [0.05, 0.1) is 5.75 Å². The maximum atomic E-state index is 13.3. The molecule has 0 aliphatic carbocycles. The normalized spacial score (nSPS) is 11.1. The van der Waals surface area contributed by atoms with E-state index in [0.717, 1.165) is 16.1 Å². The molecule has 4 aromatic carbocycles. The Kier molecular flexibility index (Phi) is 9.91. The fourth-order valence-electron chi connectivity index (χ4n) is 3.82. The minimum absolute atomic E-state index is 0.112. The molecule has 4 aromatic rings. The molecule has 4 rings (SSSR count). The van der Waals surface area contributed by atoms with E-state index in [0.29, 0.717) is 17.2 Å². The fraction of sp³-hybridized carbons (Fsp3) is 0.121. The number of carbonyl (C=O) groups excluding carboxylic acids is 3. The van der Waals surface area contributed by atoms with Crippen LogP contribution in [0.1, 0.15) is 41.3 Å². The number of carbonyl (C=O) groups is 3. The van der Waals surface area contributed by atoms with Gasteiger partial charge in [0.15, 0.2) is 0 Å². The third-order valence-electron chi connectivity index (χ3n) is 5.96. The van der Waals surface area contributed by atoms with E-state index in [2.05, 4.69) is 29.8 Å². The molecule has 3 amide bonds. The Balaban J connectivity index is 1.40. The average Bonchev–Trinajstić information content (AvgIpc) is 2.97. The molecule has 0 radical (unpaired) electrons. The lowest BCUT2D eigenvalue weighted by Gasteiger charge is -2.12. The molecule has 0 saturated carbocycles. The van der Waals surface area contributed by atoms with Crippen LogP contribution in [0, 0.1) is 0 Å². The van der Waals surface area contributed by atoms with Crippen molar-refractivity contribution in [3.05, 3.63) is 132 Å². The maximum absolute atomic E-state index is 13.3. The van der Waals surface area contributed by atoms with E-state index in [1.54, 1.807) is 42.5 Å². The summed E-state index contributed by atoms with van der Waals surface area (Å²) in [7, 11) is 0. The van der Waals surface area contributed by atoms with Gasteiger partial charge in [0.2, 0.25) is 5.91 Å². The maximum Gasteiger partial charge on any atom is 0.272 e. The summed E-state index contributed by atoms with van der Waals surface area (Å²) in [6.45, 7) is 4.25. The van der Waals surface area contributed by atoms with Gasteiger partial charge in [-0.15, -0.1) is 11.8 Å². The Labute approximate surface area is 238 Å². The molecule has 40 heavy (non-hydrogen) atoms. The van der Waals surface area contributed by atoms with Crippen molar-refractivity contribution in [2.45, 2.75) is 24.7 Å². The molecule has 3 N–H and O–H groups in total. The third-order valence-corrected chi connectivity index (χ3v) is 6.96. The highest BCUT2D eigenvalue weighted by Crippen LogP contribution is 2.23. The van der Waals surface area contributed by atoms with Crippen LogP contribution in [0.2, 0.25) is 0 Å². The molecular formula is C33H31N3O3S. The van der Waals surface area contributed by atoms with Gasteiger partial charge in [0.1, 0.15) is 5.70 Å². The van der Waals surface area contributed by atoms with Gasteiger partial charge in [-0.2, -0.15) is 0 Å².